The van der Waals surface area contributed by atoms with Crippen LogP contribution < -0.4 is 14.8 Å². The van der Waals surface area contributed by atoms with Gasteiger partial charge in [0.1, 0.15) is 0 Å². The number of aryl methyl sites for hydroxylation is 1. The third-order valence-electron chi connectivity index (χ3n) is 4.38. The zero-order valence-electron chi connectivity index (χ0n) is 16.3. The quantitative estimate of drug-likeness (QED) is 0.766. The Balaban J connectivity index is 2.03. The molecule has 0 radical (unpaired) electrons. The van der Waals surface area contributed by atoms with Crippen LogP contribution in [0.2, 0.25) is 0 Å². The largest absolute Gasteiger partial charge is 0.493 e. The Morgan fingerprint density at radius 3 is 2.41 bits per heavy atom. The van der Waals surface area contributed by atoms with Crippen molar-refractivity contribution in [1.82, 2.24) is 5.32 Å². The third-order valence-corrected chi connectivity index (χ3v) is 4.38. The van der Waals surface area contributed by atoms with Gasteiger partial charge >= 0.3 is 0 Å². The van der Waals surface area contributed by atoms with Gasteiger partial charge in [-0.3, -0.25) is 4.79 Å². The maximum absolute atomic E-state index is 12.4. The van der Waals surface area contributed by atoms with Crippen molar-refractivity contribution in [3.05, 3.63) is 59.2 Å². The van der Waals surface area contributed by atoms with Crippen LogP contribution in [0.15, 0.2) is 42.5 Å². The topological polar surface area (TPSA) is 71.3 Å². The lowest BCUT2D eigenvalue weighted by molar-refractivity contribution is -0.124. The van der Waals surface area contributed by atoms with Gasteiger partial charge in [0.2, 0.25) is 0 Å². The van der Waals surface area contributed by atoms with Gasteiger partial charge in [0.25, 0.3) is 5.91 Å². The lowest BCUT2D eigenvalue weighted by Gasteiger charge is -2.23. The molecule has 2 aromatic rings. The maximum atomic E-state index is 12.4. The van der Waals surface area contributed by atoms with Crippen LogP contribution in [-0.4, -0.2) is 19.6 Å². The molecule has 5 nitrogen and oxygen atoms in total. The lowest BCUT2D eigenvalue weighted by atomic mass is 9.95. The SMILES string of the molecule is CCc1ccc(C(NC(=O)COc2ccc(C#N)cc2OC)C(C)C)cc1. The highest BCUT2D eigenvalue weighted by Crippen LogP contribution is 2.28. The van der Waals surface area contributed by atoms with Crippen molar-refractivity contribution < 1.29 is 14.3 Å². The predicted octanol–water partition coefficient (Wildman–Crippen LogP) is 4.02. The van der Waals surface area contributed by atoms with E-state index in [4.69, 9.17) is 14.7 Å². The summed E-state index contributed by atoms with van der Waals surface area (Å²) < 4.78 is 10.8. The average molecular weight is 366 g/mol. The summed E-state index contributed by atoms with van der Waals surface area (Å²) in [5.41, 5.74) is 2.81. The fourth-order valence-corrected chi connectivity index (χ4v) is 2.81. The van der Waals surface area contributed by atoms with E-state index in [1.54, 1.807) is 18.2 Å². The van der Waals surface area contributed by atoms with Crippen LogP contribution in [0.4, 0.5) is 0 Å². The van der Waals surface area contributed by atoms with Crippen LogP contribution in [0.5, 0.6) is 11.5 Å². The van der Waals surface area contributed by atoms with Gasteiger partial charge < -0.3 is 14.8 Å². The number of amides is 1. The second-order valence-corrected chi connectivity index (χ2v) is 6.65. The number of rotatable bonds is 8. The highest BCUT2D eigenvalue weighted by molar-refractivity contribution is 5.78. The number of nitrogens with zero attached hydrogens (tertiary/aromatic N) is 1. The molecule has 2 rings (SSSR count). The van der Waals surface area contributed by atoms with Gasteiger partial charge in [-0.15, -0.1) is 0 Å². The summed E-state index contributed by atoms with van der Waals surface area (Å²) >= 11 is 0. The highest BCUT2D eigenvalue weighted by Gasteiger charge is 2.19. The molecule has 142 valence electrons. The van der Waals surface area contributed by atoms with Crippen molar-refractivity contribution in [1.29, 1.82) is 5.26 Å². The number of nitrogens with one attached hydrogen (secondary N) is 1. The molecule has 0 spiro atoms. The van der Waals surface area contributed by atoms with Gasteiger partial charge in [-0.2, -0.15) is 5.26 Å². The average Bonchev–Trinajstić information content (AvgIpc) is 2.70. The number of hydrogen-bond donors (Lipinski definition) is 1. The van der Waals surface area contributed by atoms with Crippen LogP contribution in [-0.2, 0) is 11.2 Å². The van der Waals surface area contributed by atoms with E-state index in [2.05, 4.69) is 50.4 Å². The monoisotopic (exact) mass is 366 g/mol. The first-order valence-corrected chi connectivity index (χ1v) is 9.07. The number of carbonyl (C=O) groups is 1. The molecule has 27 heavy (non-hydrogen) atoms. The molecule has 2 aromatic carbocycles. The fourth-order valence-electron chi connectivity index (χ4n) is 2.81. The van der Waals surface area contributed by atoms with Crippen molar-refractivity contribution in [3.8, 4) is 17.6 Å². The molecule has 0 saturated carbocycles. The zero-order chi connectivity index (χ0) is 19.8. The van der Waals surface area contributed by atoms with Gasteiger partial charge in [0, 0.05) is 6.07 Å². The number of benzene rings is 2. The molecule has 0 saturated heterocycles. The molecule has 0 bridgehead atoms. The number of ether oxygens (including phenoxy) is 2. The van der Waals surface area contributed by atoms with Crippen molar-refractivity contribution in [2.75, 3.05) is 13.7 Å². The second kappa shape index (κ2) is 9.63. The van der Waals surface area contributed by atoms with Gasteiger partial charge in [-0.25, -0.2) is 0 Å². The van der Waals surface area contributed by atoms with Gasteiger partial charge in [0.15, 0.2) is 18.1 Å². The van der Waals surface area contributed by atoms with E-state index in [0.29, 0.717) is 17.1 Å². The Hall–Kier alpha value is -3.00. The van der Waals surface area contributed by atoms with Crippen molar-refractivity contribution in [2.24, 2.45) is 5.92 Å². The first-order valence-electron chi connectivity index (χ1n) is 9.07. The summed E-state index contributed by atoms with van der Waals surface area (Å²) in [6, 6.07) is 15.1. The zero-order valence-corrected chi connectivity index (χ0v) is 16.3. The smallest absolute Gasteiger partial charge is 0.258 e. The van der Waals surface area contributed by atoms with Crippen LogP contribution in [0.25, 0.3) is 0 Å². The van der Waals surface area contributed by atoms with E-state index >= 15 is 0 Å². The molecule has 0 fully saturated rings. The second-order valence-electron chi connectivity index (χ2n) is 6.65. The first kappa shape index (κ1) is 20.3. The van der Waals surface area contributed by atoms with E-state index in [1.165, 1.54) is 12.7 Å². The molecule has 0 aliphatic carbocycles. The fraction of sp³-hybridized carbons (Fsp3) is 0.364. The summed E-state index contributed by atoms with van der Waals surface area (Å²) in [7, 11) is 1.50. The molecule has 0 aliphatic rings. The van der Waals surface area contributed by atoms with E-state index in [1.807, 2.05) is 6.07 Å². The summed E-state index contributed by atoms with van der Waals surface area (Å²) in [5, 5.41) is 12.0. The van der Waals surface area contributed by atoms with Gasteiger partial charge in [0.05, 0.1) is 24.8 Å². The normalized spacial score (nSPS) is 11.6. The van der Waals surface area contributed by atoms with Gasteiger partial charge in [-0.1, -0.05) is 45.0 Å². The van der Waals surface area contributed by atoms with E-state index in [-0.39, 0.29) is 24.5 Å². The van der Waals surface area contributed by atoms with E-state index in [9.17, 15) is 4.79 Å². The Bertz CT molecular complexity index is 807. The summed E-state index contributed by atoms with van der Waals surface area (Å²) in [5.74, 6) is 0.892. The third kappa shape index (κ3) is 5.49. The van der Waals surface area contributed by atoms with Crippen molar-refractivity contribution in [3.63, 3.8) is 0 Å². The molecule has 1 amide bonds. The van der Waals surface area contributed by atoms with Gasteiger partial charge in [-0.05, 0) is 35.6 Å². The summed E-state index contributed by atoms with van der Waals surface area (Å²) in [4.78, 5) is 12.4. The molecule has 1 unspecified atom stereocenters. The number of nitriles is 1. The molecule has 0 heterocycles. The number of methoxy groups -OCH3 is 1. The number of carbonyl (C=O) groups excluding carboxylic acids is 1. The molecule has 1 atom stereocenters. The Labute approximate surface area is 160 Å². The van der Waals surface area contributed by atoms with Crippen LogP contribution >= 0.6 is 0 Å². The van der Waals surface area contributed by atoms with Crippen LogP contribution in [0, 0.1) is 17.2 Å². The Morgan fingerprint density at radius 2 is 1.85 bits per heavy atom. The summed E-state index contributed by atoms with van der Waals surface area (Å²) in [6.07, 6.45) is 0.985. The summed E-state index contributed by atoms with van der Waals surface area (Å²) in [6.45, 7) is 6.14. The minimum absolute atomic E-state index is 0.0881. The molecule has 5 heteroatoms. The molecular formula is C22H26N2O3. The van der Waals surface area contributed by atoms with Crippen molar-refractivity contribution >= 4 is 5.91 Å². The molecule has 0 aliphatic heterocycles. The first-order chi connectivity index (χ1) is 13.0. The van der Waals surface area contributed by atoms with Crippen LogP contribution in [0.3, 0.4) is 0 Å². The minimum Gasteiger partial charge on any atom is -0.493 e. The standard InChI is InChI=1S/C22H26N2O3/c1-5-16-6-9-18(10-7-16)22(15(2)3)24-21(25)14-27-19-11-8-17(13-23)12-20(19)26-4/h6-12,15,22H,5,14H2,1-4H3,(H,24,25). The van der Waals surface area contributed by atoms with Crippen LogP contribution in [0.1, 0.15) is 43.5 Å². The Kier molecular flexibility index (Phi) is 7.25. The van der Waals surface area contributed by atoms with E-state index in [0.717, 1.165) is 12.0 Å². The minimum atomic E-state index is -0.209. The Morgan fingerprint density at radius 1 is 1.15 bits per heavy atom. The maximum Gasteiger partial charge on any atom is 0.258 e. The predicted molar refractivity (Wildman–Crippen MR) is 105 cm³/mol. The molecular weight excluding hydrogens is 340 g/mol. The lowest BCUT2D eigenvalue weighted by Crippen LogP contribution is -2.35. The molecule has 1 N–H and O–H groups in total. The number of hydrogen-bond acceptors (Lipinski definition) is 4. The van der Waals surface area contributed by atoms with Crippen molar-refractivity contribution in [2.45, 2.75) is 33.2 Å². The van der Waals surface area contributed by atoms with E-state index < -0.39 is 0 Å². The molecule has 0 aromatic heterocycles. The highest BCUT2D eigenvalue weighted by atomic mass is 16.5.